The Balaban J connectivity index is 1.15. The largest absolute Gasteiger partial charge is 0.478 e. The highest BCUT2D eigenvalue weighted by molar-refractivity contribution is 5.98. The Labute approximate surface area is 232 Å². The van der Waals surface area contributed by atoms with Crippen LogP contribution in [0.15, 0.2) is 84.9 Å². The van der Waals surface area contributed by atoms with E-state index in [1.165, 1.54) is 40.3 Å². The van der Waals surface area contributed by atoms with Crippen molar-refractivity contribution in [3.63, 3.8) is 0 Å². The zero-order chi connectivity index (χ0) is 27.8. The molecule has 0 spiro atoms. The standard InChI is InChI=1S/C32H31N3O5/c36-29(33-27-15-23(27)19-7-3-1-4-8-19)25-17-35(31(38)21-11-13-22(14-12-21)32(39)40)18-26(25)30(37)34-28-16-24(28)20-9-5-2-6-10-20/h1-14,23-28H,15-18H2,(H,33,36)(H,34,37)(H,39,40)/t23-,24-,25+,26+,27+,28+/m1/s1. The topological polar surface area (TPSA) is 116 Å². The van der Waals surface area contributed by atoms with Gasteiger partial charge in [0.05, 0.1) is 17.4 Å². The number of amides is 3. The summed E-state index contributed by atoms with van der Waals surface area (Å²) in [5.41, 5.74) is 2.76. The van der Waals surface area contributed by atoms with Gasteiger partial charge in [-0.05, 0) is 48.2 Å². The van der Waals surface area contributed by atoms with E-state index in [0.717, 1.165) is 12.8 Å². The lowest BCUT2D eigenvalue weighted by molar-refractivity contribution is -0.133. The van der Waals surface area contributed by atoms with Crippen LogP contribution < -0.4 is 10.6 Å². The van der Waals surface area contributed by atoms with E-state index in [-0.39, 0.29) is 60.3 Å². The molecule has 8 nitrogen and oxygen atoms in total. The number of carbonyl (C=O) groups is 4. The normalized spacial score (nSPS) is 26.6. The van der Waals surface area contributed by atoms with Gasteiger partial charge in [-0.1, -0.05) is 60.7 Å². The summed E-state index contributed by atoms with van der Waals surface area (Å²) >= 11 is 0. The summed E-state index contributed by atoms with van der Waals surface area (Å²) < 4.78 is 0. The van der Waals surface area contributed by atoms with Gasteiger partial charge in [-0.3, -0.25) is 14.4 Å². The van der Waals surface area contributed by atoms with Crippen LogP contribution >= 0.6 is 0 Å². The lowest BCUT2D eigenvalue weighted by atomic mass is 9.94. The molecule has 3 aromatic rings. The highest BCUT2D eigenvalue weighted by Crippen LogP contribution is 2.42. The van der Waals surface area contributed by atoms with Gasteiger partial charge in [0.15, 0.2) is 0 Å². The van der Waals surface area contributed by atoms with Crippen molar-refractivity contribution in [3.05, 3.63) is 107 Å². The van der Waals surface area contributed by atoms with E-state index in [0.29, 0.717) is 5.56 Å². The highest BCUT2D eigenvalue weighted by atomic mass is 16.4. The monoisotopic (exact) mass is 537 g/mol. The quantitative estimate of drug-likeness (QED) is 0.407. The molecular formula is C32H31N3O5. The average molecular weight is 538 g/mol. The van der Waals surface area contributed by atoms with Crippen molar-refractivity contribution in [3.8, 4) is 0 Å². The van der Waals surface area contributed by atoms with Gasteiger partial charge in [-0.25, -0.2) is 4.79 Å². The first-order chi connectivity index (χ1) is 19.4. The molecule has 40 heavy (non-hydrogen) atoms. The molecule has 1 saturated heterocycles. The molecule has 0 aromatic heterocycles. The smallest absolute Gasteiger partial charge is 0.335 e. The molecule has 2 saturated carbocycles. The number of nitrogens with one attached hydrogen (secondary N) is 2. The number of hydrogen-bond donors (Lipinski definition) is 3. The van der Waals surface area contributed by atoms with Gasteiger partial charge in [0.1, 0.15) is 0 Å². The van der Waals surface area contributed by atoms with Crippen LogP contribution in [0.3, 0.4) is 0 Å². The number of likely N-dealkylation sites (tertiary alicyclic amines) is 1. The second-order valence-corrected chi connectivity index (χ2v) is 11.0. The van der Waals surface area contributed by atoms with Gasteiger partial charge >= 0.3 is 5.97 Å². The molecule has 2 aliphatic carbocycles. The summed E-state index contributed by atoms with van der Waals surface area (Å²) in [6.45, 7) is 0.248. The van der Waals surface area contributed by atoms with Crippen LogP contribution in [0.4, 0.5) is 0 Å². The fourth-order valence-corrected chi connectivity index (χ4v) is 5.86. The van der Waals surface area contributed by atoms with Gasteiger partial charge in [-0.15, -0.1) is 0 Å². The molecule has 0 radical (unpaired) electrons. The summed E-state index contributed by atoms with van der Waals surface area (Å²) in [6, 6.07) is 25.8. The van der Waals surface area contributed by atoms with Crippen LogP contribution in [0, 0.1) is 11.8 Å². The number of carboxylic acids is 1. The maximum absolute atomic E-state index is 13.5. The van der Waals surface area contributed by atoms with Crippen LogP contribution in [0.25, 0.3) is 0 Å². The van der Waals surface area contributed by atoms with E-state index >= 15 is 0 Å². The lowest BCUT2D eigenvalue weighted by Crippen LogP contribution is -2.43. The van der Waals surface area contributed by atoms with E-state index in [9.17, 15) is 24.3 Å². The number of hydrogen-bond acceptors (Lipinski definition) is 4. The highest BCUT2D eigenvalue weighted by Gasteiger charge is 2.48. The molecule has 3 N–H and O–H groups in total. The van der Waals surface area contributed by atoms with E-state index in [1.807, 2.05) is 36.4 Å². The van der Waals surface area contributed by atoms with Crippen LogP contribution in [0.1, 0.15) is 56.5 Å². The average Bonchev–Trinajstić information content (AvgIpc) is 3.88. The predicted octanol–water partition coefficient (Wildman–Crippen LogP) is 3.42. The molecule has 1 heterocycles. The molecule has 3 aliphatic rings. The van der Waals surface area contributed by atoms with E-state index in [2.05, 4.69) is 34.9 Å². The second kappa shape index (κ2) is 10.6. The summed E-state index contributed by atoms with van der Waals surface area (Å²) in [5, 5.41) is 15.4. The van der Waals surface area contributed by atoms with E-state index in [4.69, 9.17) is 0 Å². The number of aromatic carboxylic acids is 1. The van der Waals surface area contributed by atoms with Crippen LogP contribution in [-0.2, 0) is 9.59 Å². The Morgan fingerprint density at radius 1 is 0.625 bits per heavy atom. The van der Waals surface area contributed by atoms with Crippen LogP contribution in [0.2, 0.25) is 0 Å². The molecule has 3 amide bonds. The first kappa shape index (κ1) is 25.8. The van der Waals surface area contributed by atoms with Crippen molar-refractivity contribution in [2.75, 3.05) is 13.1 Å². The zero-order valence-corrected chi connectivity index (χ0v) is 21.9. The molecule has 8 heteroatoms. The molecular weight excluding hydrogens is 506 g/mol. The minimum atomic E-state index is -1.07. The number of carboxylic acid groups (broad SMARTS) is 1. The third kappa shape index (κ3) is 5.34. The van der Waals surface area contributed by atoms with Gasteiger partial charge in [0, 0.05) is 42.6 Å². The van der Waals surface area contributed by atoms with Crippen molar-refractivity contribution in [2.24, 2.45) is 11.8 Å². The Bertz CT molecular complexity index is 1350. The fourth-order valence-electron chi connectivity index (χ4n) is 5.86. The summed E-state index contributed by atoms with van der Waals surface area (Å²) in [7, 11) is 0. The van der Waals surface area contributed by atoms with Crippen molar-refractivity contribution in [1.29, 1.82) is 0 Å². The first-order valence-corrected chi connectivity index (χ1v) is 13.7. The van der Waals surface area contributed by atoms with Gasteiger partial charge in [0.2, 0.25) is 11.8 Å². The Morgan fingerprint density at radius 3 is 1.48 bits per heavy atom. The third-order valence-electron chi connectivity index (χ3n) is 8.35. The summed E-state index contributed by atoms with van der Waals surface area (Å²) in [5.74, 6) is -2.67. The van der Waals surface area contributed by atoms with Crippen molar-refractivity contribution in [2.45, 2.75) is 36.8 Å². The number of benzene rings is 3. The molecule has 0 bridgehead atoms. The predicted molar refractivity (Wildman–Crippen MR) is 148 cm³/mol. The van der Waals surface area contributed by atoms with Crippen LogP contribution in [-0.4, -0.2) is 58.9 Å². The SMILES string of the molecule is O=C(O)c1ccc(C(=O)N2C[C@H](C(=O)N[C@H]3C[C@@H]3c3ccccc3)[C@@H](C(=O)N[C@H]3C[C@@H]3c3ccccc3)C2)cc1. The number of nitrogens with zero attached hydrogens (tertiary/aromatic N) is 1. The Morgan fingerprint density at radius 2 is 1.05 bits per heavy atom. The van der Waals surface area contributed by atoms with Crippen LogP contribution in [0.5, 0.6) is 0 Å². The first-order valence-electron chi connectivity index (χ1n) is 13.7. The molecule has 204 valence electrons. The summed E-state index contributed by atoms with van der Waals surface area (Å²) in [4.78, 5) is 53.1. The maximum atomic E-state index is 13.5. The molecule has 1 aliphatic heterocycles. The fraction of sp³-hybridized carbons (Fsp3) is 0.312. The van der Waals surface area contributed by atoms with Crippen molar-refractivity contribution >= 4 is 23.7 Å². The lowest BCUT2D eigenvalue weighted by Gasteiger charge is -2.18. The number of rotatable bonds is 8. The van der Waals surface area contributed by atoms with E-state index in [1.54, 1.807) is 0 Å². The number of carbonyl (C=O) groups excluding carboxylic acids is 3. The molecule has 3 fully saturated rings. The minimum absolute atomic E-state index is 0.0119. The third-order valence-corrected chi connectivity index (χ3v) is 8.35. The molecule has 3 aromatic carbocycles. The maximum Gasteiger partial charge on any atom is 0.335 e. The van der Waals surface area contributed by atoms with Gasteiger partial charge in [-0.2, -0.15) is 0 Å². The minimum Gasteiger partial charge on any atom is -0.478 e. The molecule has 6 rings (SSSR count). The van der Waals surface area contributed by atoms with Crippen molar-refractivity contribution in [1.82, 2.24) is 15.5 Å². The Hall–Kier alpha value is -4.46. The van der Waals surface area contributed by atoms with Gasteiger partial charge in [0.25, 0.3) is 5.91 Å². The zero-order valence-electron chi connectivity index (χ0n) is 21.9. The Kier molecular flexibility index (Phi) is 6.84. The van der Waals surface area contributed by atoms with E-state index < -0.39 is 17.8 Å². The summed E-state index contributed by atoms with van der Waals surface area (Å²) in [6.07, 6.45) is 1.69. The van der Waals surface area contributed by atoms with Crippen molar-refractivity contribution < 1.29 is 24.3 Å². The molecule has 6 atom stereocenters. The molecule has 0 unspecified atom stereocenters. The van der Waals surface area contributed by atoms with Gasteiger partial charge < -0.3 is 20.6 Å². The second-order valence-electron chi connectivity index (χ2n) is 11.0.